The second-order valence-corrected chi connectivity index (χ2v) is 20.5. The number of unbranched alkanes of at least 4 members (excludes halogenated alkanes) is 10. The summed E-state index contributed by atoms with van der Waals surface area (Å²) < 4.78 is 6.32. The summed E-state index contributed by atoms with van der Waals surface area (Å²) in [5.74, 6) is 2.03. The average molecular weight is 964 g/mol. The van der Waals surface area contributed by atoms with Gasteiger partial charge in [-0.15, -0.1) is 11.6 Å². The minimum atomic E-state index is -0.852. The molecule has 0 saturated heterocycles. The average Bonchev–Trinajstić information content (AvgIpc) is 3.07. The molecular weight excluding hydrogens is 896 g/mol. The number of thiol groups is 1. The number of carboxylic acid groups (broad SMARTS) is 2. The van der Waals surface area contributed by atoms with Gasteiger partial charge < -0.3 is 20.7 Å². The Morgan fingerprint density at radius 2 is 1.09 bits per heavy atom. The maximum atomic E-state index is 11.7. The predicted octanol–water partition coefficient (Wildman–Crippen LogP) is 10.8. The molecule has 2 atom stereocenters. The Labute approximate surface area is 335 Å². The minimum Gasteiger partial charge on any atom is -0.481 e. The van der Waals surface area contributed by atoms with Gasteiger partial charge in [-0.25, -0.2) is 5.90 Å². The standard InChI is InChI=1S/C20H39N2O5P.3C2H6S2.CH4.FH.HIS2.H3NO/c23-18(21-16-12-11-13-17(22-28)20(26)27)14-9-7-5-3-1-2-4-6-8-10-15-19(24)25;3*1-3-4-2;;;1-3-2;1-2/h17,22H,1-16,28H2,(H,21,23)(H,24,25)(H,26,27);3*1-2H3;1H4;1H;2H;2H,1H2/t17-;;;;;;;/m0......./s1/i/hT. The zero-order chi connectivity index (χ0) is 36.7. The minimum absolute atomic E-state index is 0. The van der Waals surface area contributed by atoms with Gasteiger partial charge in [0.1, 0.15) is 7.17 Å². The Morgan fingerprint density at radius 1 is 0.745 bits per heavy atom. The van der Waals surface area contributed by atoms with E-state index in [1.807, 2.05) is 21.2 Å². The number of nitrogens with two attached hydrogens (primary N) is 1. The third kappa shape index (κ3) is 87.9. The van der Waals surface area contributed by atoms with Crippen molar-refractivity contribution in [3.63, 3.8) is 0 Å². The fourth-order valence-electron chi connectivity index (χ4n) is 3.04. The molecule has 47 heavy (non-hydrogen) atoms. The number of carbonyl (C=O) groups excluding carboxylic acids is 1. The molecule has 0 bridgehead atoms. The summed E-state index contributed by atoms with van der Waals surface area (Å²) in [6.07, 6.45) is 26.2. The molecule has 0 aliphatic carbocycles. The molecule has 0 radical (unpaired) electrons. The second-order valence-electron chi connectivity index (χ2n) is 8.40. The van der Waals surface area contributed by atoms with E-state index in [9.17, 15) is 14.4 Å². The lowest BCUT2D eigenvalue weighted by atomic mass is 10.1. The van der Waals surface area contributed by atoms with Gasteiger partial charge in [0.25, 0.3) is 0 Å². The van der Waals surface area contributed by atoms with Crippen molar-refractivity contribution < 1.29 is 34.5 Å². The van der Waals surface area contributed by atoms with Crippen LogP contribution < -0.4 is 16.3 Å². The Morgan fingerprint density at radius 3 is 1.36 bits per heavy atom. The molecule has 0 aromatic rings. The first-order valence-electron chi connectivity index (χ1n) is 14.6. The van der Waals surface area contributed by atoms with Gasteiger partial charge in [0.15, 0.2) is 0 Å². The molecule has 0 aliphatic heterocycles. The van der Waals surface area contributed by atoms with Crippen LogP contribution in [0.5, 0.6) is 0 Å². The topological polar surface area (TPSA) is 162 Å². The molecule has 20 heteroatoms. The number of rotatable bonds is 24. The summed E-state index contributed by atoms with van der Waals surface area (Å²) in [5, 5.41) is 29.5. The SMILES string of the molecule is C.CSSC.CSSC.CSSC.F.NO.O=C(O)CCCCCCCCCCCCC(=O)NCCCC[C@H](NP)C(=O)O.[3H]SSI. The molecule has 0 rings (SSSR count). The quantitative estimate of drug-likeness (QED) is 0.0122. The van der Waals surface area contributed by atoms with Gasteiger partial charge in [-0.05, 0) is 77.6 Å². The molecule has 0 spiro atoms. The molecule has 0 heterocycles. The summed E-state index contributed by atoms with van der Waals surface area (Å²) in [6, 6.07) is -0.544. The fraction of sp³-hybridized carbons (Fsp3) is 0.889. The number of amides is 1. The van der Waals surface area contributed by atoms with Crippen LogP contribution >= 0.6 is 115 Å². The van der Waals surface area contributed by atoms with E-state index in [-0.39, 0.29) is 24.5 Å². The Kier molecular flexibility index (Phi) is 95.4. The summed E-state index contributed by atoms with van der Waals surface area (Å²) in [5.41, 5.74) is 0. The lowest BCUT2D eigenvalue weighted by Crippen LogP contribution is -2.30. The van der Waals surface area contributed by atoms with Crippen LogP contribution in [0.2, 0.25) is 0 Å². The first-order chi connectivity index (χ1) is 22.1. The second kappa shape index (κ2) is 69.9. The third-order valence-corrected chi connectivity index (χ3v) is 9.69. The van der Waals surface area contributed by atoms with Crippen molar-refractivity contribution in [3.05, 3.63) is 0 Å². The van der Waals surface area contributed by atoms with E-state index in [1.165, 1.54) is 33.6 Å². The number of halogens is 2. The number of aliphatic carboxylic acids is 2. The molecule has 0 aromatic carbocycles. The van der Waals surface area contributed by atoms with Crippen molar-refractivity contribution in [3.8, 4) is 0 Å². The fourth-order valence-corrected chi connectivity index (χ4v) is 3.35. The van der Waals surface area contributed by atoms with Crippen LogP contribution in [0, 0.1) is 0 Å². The molecule has 0 fully saturated rings. The summed E-state index contributed by atoms with van der Waals surface area (Å²) in [6.45, 7) is 0.606. The Hall–Kier alpha value is 2.18. The maximum Gasteiger partial charge on any atom is 0.320 e. The Bertz CT molecular complexity index is 582. The van der Waals surface area contributed by atoms with Gasteiger partial charge >= 0.3 is 11.9 Å². The van der Waals surface area contributed by atoms with E-state index in [2.05, 4.69) is 63.2 Å². The highest BCUT2D eigenvalue weighted by Gasteiger charge is 2.13. The zero-order valence-electron chi connectivity index (χ0n) is 29.2. The van der Waals surface area contributed by atoms with E-state index >= 15 is 0 Å². The molecule has 292 valence electrons. The van der Waals surface area contributed by atoms with Gasteiger partial charge in [-0.2, -0.15) is 0 Å². The first kappa shape index (κ1) is 64.2. The summed E-state index contributed by atoms with van der Waals surface area (Å²) in [4.78, 5) is 33.0. The van der Waals surface area contributed by atoms with Crippen LogP contribution in [0.3, 0.4) is 0 Å². The lowest BCUT2D eigenvalue weighted by Gasteiger charge is -2.10. The van der Waals surface area contributed by atoms with Crippen LogP contribution in [0.25, 0.3) is 0 Å². The molecule has 7 N–H and O–H groups in total. The molecule has 0 aromatic heterocycles. The highest BCUT2D eigenvalue weighted by Crippen LogP contribution is 2.14. The van der Waals surface area contributed by atoms with E-state index in [0.717, 1.165) is 62.9 Å². The number of carbonyl (C=O) groups is 3. The van der Waals surface area contributed by atoms with Gasteiger partial charge in [0.05, 0.1) is 0 Å². The highest BCUT2D eigenvalue weighted by atomic mass is 127. The molecule has 1 unspecified atom stereocenters. The molecule has 1 amide bonds. The van der Waals surface area contributed by atoms with E-state index in [1.54, 1.807) is 64.8 Å². The molecular formula is C27H66FIN3O6PS8. The van der Waals surface area contributed by atoms with Crippen LogP contribution in [-0.2, 0) is 14.4 Å². The number of hydrogen-bond acceptors (Lipinski definition) is 14. The largest absolute Gasteiger partial charge is 0.481 e. The molecule has 0 saturated carbocycles. The van der Waals surface area contributed by atoms with Crippen molar-refractivity contribution in [2.75, 3.05) is 44.1 Å². The van der Waals surface area contributed by atoms with E-state index < -0.39 is 18.0 Å². The van der Waals surface area contributed by atoms with Gasteiger partial charge in [-0.3, -0.25) is 24.2 Å². The Balaban J connectivity index is -0.000000110. The molecule has 0 aliphatic rings. The van der Waals surface area contributed by atoms with Crippen LogP contribution in [0.4, 0.5) is 4.70 Å². The van der Waals surface area contributed by atoms with Crippen molar-refractivity contribution in [1.29, 1.82) is 1.12 Å². The first-order valence-corrected chi connectivity index (χ1v) is 27.9. The van der Waals surface area contributed by atoms with Gasteiger partial charge in [0.2, 0.25) is 5.91 Å². The van der Waals surface area contributed by atoms with Crippen LogP contribution in [-0.4, -0.2) is 84.5 Å². The normalized spacial score (nSPS) is 9.79. The summed E-state index contributed by atoms with van der Waals surface area (Å²) >= 11 is 3.05. The van der Waals surface area contributed by atoms with Crippen molar-refractivity contribution in [2.24, 2.45) is 5.90 Å². The van der Waals surface area contributed by atoms with Gasteiger partial charge in [-0.1, -0.05) is 133 Å². The monoisotopic (exact) mass is 963 g/mol. The van der Waals surface area contributed by atoms with Crippen LogP contribution in [0.1, 0.15) is 104 Å². The van der Waals surface area contributed by atoms with Gasteiger partial charge in [0, 0.05) is 40.6 Å². The lowest BCUT2D eigenvalue weighted by molar-refractivity contribution is -0.139. The van der Waals surface area contributed by atoms with E-state index in [4.69, 9.17) is 16.5 Å². The van der Waals surface area contributed by atoms with Crippen molar-refractivity contribution >= 4 is 133 Å². The smallest absolute Gasteiger partial charge is 0.320 e. The zero-order valence-corrected chi connectivity index (χ0v) is 38.0. The number of nitrogens with one attached hydrogen (secondary N) is 2. The summed E-state index contributed by atoms with van der Waals surface area (Å²) in [7, 11) is 14.3. The van der Waals surface area contributed by atoms with E-state index in [0.29, 0.717) is 19.4 Å². The number of carboxylic acids is 2. The van der Waals surface area contributed by atoms with Crippen molar-refractivity contribution in [2.45, 2.75) is 110 Å². The third-order valence-electron chi connectivity index (χ3n) is 5.29. The highest BCUT2D eigenvalue weighted by molar-refractivity contribution is 14.2. The van der Waals surface area contributed by atoms with Crippen LogP contribution in [0.15, 0.2) is 0 Å². The number of hydrogen-bond donors (Lipinski definition) is 7. The predicted molar refractivity (Wildman–Crippen MR) is 241 cm³/mol. The van der Waals surface area contributed by atoms with Crippen molar-refractivity contribution in [1.82, 2.24) is 10.4 Å². The maximum absolute atomic E-state index is 11.7. The molecule has 9 nitrogen and oxygen atoms in total.